The van der Waals surface area contributed by atoms with Crippen molar-refractivity contribution < 1.29 is 24.3 Å². The van der Waals surface area contributed by atoms with Crippen molar-refractivity contribution in [3.05, 3.63) is 35.9 Å². The van der Waals surface area contributed by atoms with Gasteiger partial charge in [-0.05, 0) is 30.7 Å². The van der Waals surface area contributed by atoms with E-state index in [4.69, 9.17) is 0 Å². The highest BCUT2D eigenvalue weighted by Crippen LogP contribution is 2.31. The highest BCUT2D eigenvalue weighted by Gasteiger charge is 2.50. The molecule has 35 heavy (non-hydrogen) atoms. The first-order valence-electron chi connectivity index (χ1n) is 12.5. The minimum absolute atomic E-state index is 0.0285. The third-order valence-corrected chi connectivity index (χ3v) is 7.27. The predicted molar refractivity (Wildman–Crippen MR) is 128 cm³/mol. The summed E-state index contributed by atoms with van der Waals surface area (Å²) in [6.45, 7) is 1.06. The van der Waals surface area contributed by atoms with Crippen LogP contribution in [0.4, 0.5) is 4.79 Å². The van der Waals surface area contributed by atoms with Gasteiger partial charge in [0, 0.05) is 26.6 Å². The van der Waals surface area contributed by atoms with E-state index >= 15 is 0 Å². The second-order valence-corrected chi connectivity index (χ2v) is 9.78. The van der Waals surface area contributed by atoms with Crippen LogP contribution in [0, 0.1) is 5.92 Å². The maximum atomic E-state index is 13.5. The number of carbonyl (C=O) groups is 4. The Hall–Kier alpha value is -3.14. The van der Waals surface area contributed by atoms with E-state index in [1.807, 2.05) is 30.3 Å². The molecule has 1 unspecified atom stereocenters. The first kappa shape index (κ1) is 25.0. The molecule has 3 fully saturated rings. The van der Waals surface area contributed by atoms with E-state index in [1.54, 1.807) is 17.0 Å². The maximum absolute atomic E-state index is 13.5. The van der Waals surface area contributed by atoms with Crippen LogP contribution in [0.2, 0.25) is 0 Å². The fourth-order valence-corrected chi connectivity index (χ4v) is 5.54. The minimum atomic E-state index is -1.02. The molecule has 2 heterocycles. The van der Waals surface area contributed by atoms with Crippen LogP contribution >= 0.6 is 0 Å². The molecular weight excluding hydrogens is 450 g/mol. The number of carboxylic acid groups (broad SMARTS) is 1. The highest BCUT2D eigenvalue weighted by molar-refractivity contribution is 5.91. The van der Waals surface area contributed by atoms with Gasteiger partial charge < -0.3 is 20.2 Å². The number of nitrogens with zero attached hydrogens (tertiary/aromatic N) is 4. The van der Waals surface area contributed by atoms with Crippen molar-refractivity contribution in [3.8, 4) is 0 Å². The summed E-state index contributed by atoms with van der Waals surface area (Å²) < 4.78 is 0. The quantitative estimate of drug-likeness (QED) is 0.610. The molecule has 0 radical (unpaired) electrons. The maximum Gasteiger partial charge on any atom is 0.334 e. The molecule has 2 atom stereocenters. The Kier molecular flexibility index (Phi) is 7.90. The van der Waals surface area contributed by atoms with Gasteiger partial charge in [0.2, 0.25) is 11.8 Å². The van der Waals surface area contributed by atoms with Gasteiger partial charge >= 0.3 is 12.0 Å². The number of nitrogens with one attached hydrogen (secondary N) is 1. The number of rotatable bonds is 7. The van der Waals surface area contributed by atoms with Crippen LogP contribution in [-0.4, -0.2) is 87.6 Å². The second kappa shape index (κ2) is 11.1. The SMILES string of the molecule is CN1CC(=O)N2C(CCC(=O)O)C(=O)N(CC3CCCCC3)C[C@@H]2N1C(=O)NCc1ccccc1. The largest absolute Gasteiger partial charge is 0.481 e. The van der Waals surface area contributed by atoms with E-state index in [9.17, 15) is 24.3 Å². The van der Waals surface area contributed by atoms with Crippen LogP contribution in [-0.2, 0) is 20.9 Å². The molecule has 1 aliphatic carbocycles. The summed E-state index contributed by atoms with van der Waals surface area (Å²) in [6, 6.07) is 8.30. The summed E-state index contributed by atoms with van der Waals surface area (Å²) in [5.41, 5.74) is 0.950. The molecule has 2 N–H and O–H groups in total. The Morgan fingerprint density at radius 3 is 2.49 bits per heavy atom. The second-order valence-electron chi connectivity index (χ2n) is 9.78. The normalized spacial score (nSPS) is 23.9. The molecule has 3 aliphatic rings. The summed E-state index contributed by atoms with van der Waals surface area (Å²) in [4.78, 5) is 54.4. The molecule has 0 bridgehead atoms. The number of likely N-dealkylation sites (N-methyl/N-ethyl adjacent to an activating group) is 1. The fraction of sp³-hybridized carbons (Fsp3) is 0.600. The number of piperazine rings is 1. The Labute approximate surface area is 205 Å². The van der Waals surface area contributed by atoms with E-state index < -0.39 is 18.2 Å². The third-order valence-electron chi connectivity index (χ3n) is 7.27. The zero-order valence-electron chi connectivity index (χ0n) is 20.3. The molecule has 1 aromatic rings. The van der Waals surface area contributed by atoms with E-state index in [0.717, 1.165) is 31.2 Å². The monoisotopic (exact) mass is 485 g/mol. The van der Waals surface area contributed by atoms with Gasteiger partial charge in [-0.3, -0.25) is 14.4 Å². The number of hydrogen-bond donors (Lipinski definition) is 2. The molecule has 190 valence electrons. The molecule has 4 rings (SSSR count). The Morgan fingerprint density at radius 1 is 1.09 bits per heavy atom. The van der Waals surface area contributed by atoms with Crippen molar-refractivity contribution in [2.24, 2.45) is 5.92 Å². The van der Waals surface area contributed by atoms with E-state index in [1.165, 1.54) is 16.3 Å². The average Bonchev–Trinajstić information content (AvgIpc) is 2.84. The number of carboxylic acids is 1. The zero-order valence-corrected chi connectivity index (χ0v) is 20.3. The van der Waals surface area contributed by atoms with Crippen molar-refractivity contribution in [1.82, 2.24) is 25.1 Å². The number of hydrazine groups is 1. The summed E-state index contributed by atoms with van der Waals surface area (Å²) >= 11 is 0. The van der Waals surface area contributed by atoms with Gasteiger partial charge in [0.1, 0.15) is 12.2 Å². The number of aliphatic carboxylic acids is 1. The number of amides is 4. The minimum Gasteiger partial charge on any atom is -0.481 e. The van der Waals surface area contributed by atoms with Crippen LogP contribution in [0.5, 0.6) is 0 Å². The van der Waals surface area contributed by atoms with Gasteiger partial charge in [0.15, 0.2) is 0 Å². The lowest BCUT2D eigenvalue weighted by atomic mass is 9.88. The number of benzene rings is 1. The summed E-state index contributed by atoms with van der Waals surface area (Å²) in [5, 5.41) is 15.3. The first-order chi connectivity index (χ1) is 16.8. The molecule has 0 spiro atoms. The van der Waals surface area contributed by atoms with Crippen LogP contribution in [0.15, 0.2) is 30.3 Å². The van der Waals surface area contributed by atoms with Gasteiger partial charge in [-0.2, -0.15) is 0 Å². The van der Waals surface area contributed by atoms with Crippen molar-refractivity contribution >= 4 is 23.8 Å². The first-order valence-corrected chi connectivity index (χ1v) is 12.5. The van der Waals surface area contributed by atoms with Crippen LogP contribution in [0.3, 0.4) is 0 Å². The molecule has 1 saturated carbocycles. The predicted octanol–water partition coefficient (Wildman–Crippen LogP) is 1.87. The van der Waals surface area contributed by atoms with Crippen LogP contribution in [0.1, 0.15) is 50.5 Å². The molecule has 4 amide bonds. The smallest absolute Gasteiger partial charge is 0.334 e. The summed E-state index contributed by atoms with van der Waals surface area (Å²) in [7, 11) is 1.69. The summed E-state index contributed by atoms with van der Waals surface area (Å²) in [6.07, 6.45) is 4.71. The molecule has 10 heteroatoms. The molecule has 10 nitrogen and oxygen atoms in total. The van der Waals surface area contributed by atoms with Gasteiger partial charge in [-0.25, -0.2) is 14.8 Å². The number of carbonyl (C=O) groups excluding carboxylic acids is 3. The van der Waals surface area contributed by atoms with Gasteiger partial charge in [-0.15, -0.1) is 0 Å². The zero-order chi connectivity index (χ0) is 24.9. The van der Waals surface area contributed by atoms with Crippen molar-refractivity contribution in [3.63, 3.8) is 0 Å². The highest BCUT2D eigenvalue weighted by atomic mass is 16.4. The topological polar surface area (TPSA) is 114 Å². The molecule has 2 saturated heterocycles. The lowest BCUT2D eigenvalue weighted by Gasteiger charge is -2.54. The van der Waals surface area contributed by atoms with E-state index in [0.29, 0.717) is 19.0 Å². The average molecular weight is 486 g/mol. The fourth-order valence-electron chi connectivity index (χ4n) is 5.54. The number of fused-ring (bicyclic) bond motifs is 1. The summed E-state index contributed by atoms with van der Waals surface area (Å²) in [5.74, 6) is -1.11. The van der Waals surface area contributed by atoms with Crippen molar-refractivity contribution in [1.29, 1.82) is 0 Å². The van der Waals surface area contributed by atoms with Crippen molar-refractivity contribution in [2.75, 3.05) is 26.7 Å². The molecular formula is C25H35N5O5. The van der Waals surface area contributed by atoms with Gasteiger partial charge in [-0.1, -0.05) is 49.6 Å². The Morgan fingerprint density at radius 2 is 1.80 bits per heavy atom. The molecule has 0 aromatic heterocycles. The Bertz CT molecular complexity index is 935. The standard InChI is InChI=1S/C25H35N5O5/c1-27-17-22(31)29-20(12-13-23(32)33)24(34)28(15-19-10-6-3-7-11-19)16-21(29)30(27)25(35)26-14-18-8-4-2-5-9-18/h2,4-5,8-9,19-21H,3,6-7,10-17H2,1H3,(H,26,35)(H,32,33)/t20?,21-/m0/s1. The third kappa shape index (κ3) is 5.75. The van der Waals surface area contributed by atoms with E-state index in [-0.39, 0.29) is 43.8 Å². The lowest BCUT2D eigenvalue weighted by Crippen LogP contribution is -2.76. The van der Waals surface area contributed by atoms with E-state index in [2.05, 4.69) is 5.32 Å². The van der Waals surface area contributed by atoms with Gasteiger partial charge in [0.25, 0.3) is 0 Å². The van der Waals surface area contributed by atoms with Crippen LogP contribution < -0.4 is 5.32 Å². The number of hydrogen-bond acceptors (Lipinski definition) is 5. The van der Waals surface area contributed by atoms with Crippen molar-refractivity contribution in [2.45, 2.75) is 63.7 Å². The lowest BCUT2D eigenvalue weighted by molar-refractivity contribution is -0.188. The molecule has 1 aromatic carbocycles. The van der Waals surface area contributed by atoms with Gasteiger partial charge in [0.05, 0.1) is 13.1 Å². The Balaban J connectivity index is 1.57. The number of urea groups is 1. The molecule has 2 aliphatic heterocycles. The van der Waals surface area contributed by atoms with Crippen LogP contribution in [0.25, 0.3) is 0 Å².